The van der Waals surface area contributed by atoms with E-state index in [1.54, 1.807) is 17.0 Å². The van der Waals surface area contributed by atoms with Gasteiger partial charge in [0.15, 0.2) is 11.6 Å². The Morgan fingerprint density at radius 3 is 2.23 bits per heavy atom. The van der Waals surface area contributed by atoms with E-state index >= 15 is 9.00 Å². The lowest BCUT2D eigenvalue weighted by Gasteiger charge is -2.32. The summed E-state index contributed by atoms with van der Waals surface area (Å²) in [4.78, 5) is 188. The van der Waals surface area contributed by atoms with Crippen LogP contribution in [0.1, 0.15) is 122 Å². The molecule has 1 aromatic carbocycles. The Balaban J connectivity index is 1.28. The second kappa shape index (κ2) is 32.1. The normalized spacial score (nSPS) is 26.2. The van der Waals surface area contributed by atoms with Crippen molar-refractivity contribution in [2.45, 2.75) is 169 Å². The average Bonchev–Trinajstić information content (AvgIpc) is 1.92. The number of aromatic nitrogens is 1. The lowest BCUT2D eigenvalue weighted by atomic mass is 9.85. The van der Waals surface area contributed by atoms with Gasteiger partial charge in [0.05, 0.1) is 73.5 Å². The van der Waals surface area contributed by atoms with Crippen molar-refractivity contribution in [3.63, 3.8) is 0 Å². The van der Waals surface area contributed by atoms with E-state index in [1.165, 1.54) is 25.8 Å². The first-order valence-corrected chi connectivity index (χ1v) is 32.8. The fraction of sp³-hybridized carbons (Fsp3) is 0.644. The summed E-state index contributed by atoms with van der Waals surface area (Å²) in [6.07, 6.45) is -3.65. The van der Waals surface area contributed by atoms with Gasteiger partial charge < -0.3 is 72.0 Å². The number of imide groups is 1. The predicted octanol–water partition coefficient (Wildman–Crippen LogP) is -1.65. The third-order valence-corrected chi connectivity index (χ3v) is 20.2. The number of ketones is 2. The van der Waals surface area contributed by atoms with Gasteiger partial charge in [-0.25, -0.2) is 4.79 Å². The molecule has 90 heavy (non-hydrogen) atoms. The second-order valence-electron chi connectivity index (χ2n) is 23.7. The van der Waals surface area contributed by atoms with Crippen LogP contribution in [0.25, 0.3) is 10.9 Å². The number of amides is 10. The third kappa shape index (κ3) is 17.8. The maximum absolute atomic E-state index is 15.5. The number of Topliss-reactive ketones (excluding diaryl/α,β-unsaturated/α-hetero) is 2. The Bertz CT molecular complexity index is 3100. The van der Waals surface area contributed by atoms with Crippen molar-refractivity contribution >= 4 is 110 Å². The zero-order valence-electron chi connectivity index (χ0n) is 50.9. The van der Waals surface area contributed by atoms with E-state index in [4.69, 9.17) is 15.3 Å². The molecule has 5 aliphatic rings. The lowest BCUT2D eigenvalue weighted by molar-refractivity contribution is -0.197. The number of carbonyl (C=O) groups is 13. The summed E-state index contributed by atoms with van der Waals surface area (Å²) in [6.45, 7) is 3.18. The molecule has 0 aliphatic carbocycles. The number of aliphatic hydroxyl groups excluding tert-OH is 3. The molecule has 2 bridgehead atoms. The minimum absolute atomic E-state index is 0.0140. The molecule has 31 heteroatoms. The summed E-state index contributed by atoms with van der Waals surface area (Å²) >= 11 is 1.53. The molecule has 2 aromatic rings. The van der Waals surface area contributed by atoms with Crippen molar-refractivity contribution in [2.24, 2.45) is 29.4 Å². The first-order valence-electron chi connectivity index (χ1n) is 30.4. The minimum atomic E-state index is -2.44. The van der Waals surface area contributed by atoms with Crippen LogP contribution in [0.2, 0.25) is 0 Å². The first-order chi connectivity index (χ1) is 42.8. The summed E-state index contributed by atoms with van der Waals surface area (Å²) in [5.41, 5.74) is 6.68. The van der Waals surface area contributed by atoms with Crippen LogP contribution in [0.15, 0.2) is 17.2 Å². The van der Waals surface area contributed by atoms with Gasteiger partial charge in [0.2, 0.25) is 47.3 Å². The molecule has 6 heterocycles. The first kappa shape index (κ1) is 70.1. The smallest absolute Gasteiger partial charge is 0.333 e. The Hall–Kier alpha value is -7.35. The summed E-state index contributed by atoms with van der Waals surface area (Å²) in [6, 6.07) is -3.71. The Morgan fingerprint density at radius 2 is 1.57 bits per heavy atom. The largest absolute Gasteiger partial charge is 0.496 e. The maximum Gasteiger partial charge on any atom is 0.333 e. The number of hydrogen-bond acceptors (Lipinski definition) is 20. The van der Waals surface area contributed by atoms with Gasteiger partial charge in [-0.3, -0.25) is 61.7 Å². The second-order valence-corrected chi connectivity index (χ2v) is 26.4. The summed E-state index contributed by atoms with van der Waals surface area (Å²) in [5, 5.41) is 45.6. The topological polar surface area (TPSA) is 430 Å². The molecule has 11 atom stereocenters. The van der Waals surface area contributed by atoms with Crippen molar-refractivity contribution in [2.75, 3.05) is 52.2 Å². The highest BCUT2D eigenvalue weighted by molar-refractivity contribution is 7.99. The molecule has 29 nitrogen and oxygen atoms in total. The zero-order chi connectivity index (χ0) is 65.7. The van der Waals surface area contributed by atoms with Crippen molar-refractivity contribution < 1.29 is 91.4 Å². The number of aliphatic hydroxyl groups is 3. The number of nitrogens with zero attached hydrogens (tertiary/aromatic N) is 3. The molecule has 1 aromatic heterocycles. The number of piperidine rings is 1. The lowest BCUT2D eigenvalue weighted by Crippen LogP contribution is -2.60. The van der Waals surface area contributed by atoms with Crippen LogP contribution in [0.5, 0.6) is 5.75 Å². The highest BCUT2D eigenvalue weighted by Gasteiger charge is 2.45. The van der Waals surface area contributed by atoms with E-state index in [-0.39, 0.29) is 84.8 Å². The Kier molecular flexibility index (Phi) is 25.0. The highest BCUT2D eigenvalue weighted by Crippen LogP contribution is 2.39. The van der Waals surface area contributed by atoms with Crippen LogP contribution in [0.4, 0.5) is 0 Å². The van der Waals surface area contributed by atoms with Crippen molar-refractivity contribution in [3.05, 3.63) is 23.3 Å². The summed E-state index contributed by atoms with van der Waals surface area (Å²) in [7, 11) is -1.01. The maximum atomic E-state index is 15.5. The number of thioether (sulfide) groups is 1. The van der Waals surface area contributed by atoms with Crippen LogP contribution >= 0.6 is 11.8 Å². The fourth-order valence-electron chi connectivity index (χ4n) is 11.9. The molecule has 5 aliphatic heterocycles. The standard InChI is InChI=1S/C59H82N10O19S2/c1-5-30(2)36-9-6-8-33(71)24-61-54(81)32-20-38-37-12-13-45(87-4)39(28-89-35-16-18-67(19-17-35)48(77)10-7-11-51(80)88-69-49(78)14-15-50(69)79)53(37)66-58(38)90(86)29-41(63-47(76)25-62-55(36)82)56(83)64-40(23-46(60)75)59(85)68-26-34(72)22-42(68)57(84)65-52(43(73)21-32)31(3)44(74)27-70/h12-13,30-32,34-36,40-42,44,52,66,70,72,74H,5-11,14-29H2,1-4H3,(H2,60,75)(H,61,81)(H,62,82)(H,63,76)(H,64,83)(H,65,84)/t30-,31-,32+,34+,36-,40-,41+,42-,44-,52-,90?/m0/s1. The average molecular weight is 1300 g/mol. The molecule has 10 amide bonds. The number of nitrogens with two attached hydrogens (primary N) is 1. The molecular weight excluding hydrogens is 1220 g/mol. The number of primary amides is 1. The number of benzene rings is 1. The van der Waals surface area contributed by atoms with E-state index in [2.05, 4.69) is 31.6 Å². The van der Waals surface area contributed by atoms with E-state index in [0.29, 0.717) is 59.6 Å². The monoisotopic (exact) mass is 1300 g/mol. The van der Waals surface area contributed by atoms with E-state index in [9.17, 15) is 72.9 Å². The molecule has 494 valence electrons. The van der Waals surface area contributed by atoms with Crippen LogP contribution in [0.3, 0.4) is 0 Å². The van der Waals surface area contributed by atoms with Gasteiger partial charge in [-0.05, 0) is 62.1 Å². The molecule has 0 saturated carbocycles. The van der Waals surface area contributed by atoms with E-state index < -0.39 is 193 Å². The quantitative estimate of drug-likeness (QED) is 0.0842. The van der Waals surface area contributed by atoms with Crippen LogP contribution < -0.4 is 37.1 Å². The number of methoxy groups -OCH3 is 1. The number of likely N-dealkylation sites (tertiary alicyclic amines) is 1. The number of nitrogens with one attached hydrogen (secondary N) is 6. The number of carbonyl (C=O) groups excluding carboxylic acids is 13. The number of H-pyrrole nitrogens is 1. The van der Waals surface area contributed by atoms with Crippen molar-refractivity contribution in [1.29, 1.82) is 0 Å². The SMILES string of the molecule is CC[C@H](C)[C@@H]1CCCC(=O)CNC(=O)[C@H]2CC(=O)[C@H]([C@@H](C)[C@@H](O)CO)NC(=O)[C@@H]3C[C@@H](O)CN3C(=O)[C@H](CC(N)=O)NC(=O)[C@@H](CS(=O)c3[nH]c4c(CSC5CCN(C(=O)CCCC(=O)ON6C(=O)CCC6=O)CC5)c(OC)ccc4c3C2)NC(=O)CNC1=O. The van der Waals surface area contributed by atoms with Crippen LogP contribution in [-0.4, -0.2) is 210 Å². The van der Waals surface area contributed by atoms with Crippen LogP contribution in [0, 0.1) is 23.7 Å². The molecule has 0 radical (unpaired) electrons. The zero-order valence-corrected chi connectivity index (χ0v) is 52.5. The fourth-order valence-corrected chi connectivity index (χ4v) is 14.6. The molecule has 7 rings (SSSR count). The van der Waals surface area contributed by atoms with E-state index in [1.807, 2.05) is 13.8 Å². The predicted molar refractivity (Wildman–Crippen MR) is 321 cm³/mol. The molecular formula is C59H82N10O19S2. The van der Waals surface area contributed by atoms with Crippen molar-refractivity contribution in [3.8, 4) is 5.75 Å². The number of rotatable bonds is 16. The number of ether oxygens (including phenoxy) is 1. The molecule has 1 unspecified atom stereocenters. The van der Waals surface area contributed by atoms with Gasteiger partial charge in [0, 0.05) is 104 Å². The van der Waals surface area contributed by atoms with Crippen molar-refractivity contribution in [1.82, 2.24) is 46.4 Å². The molecule has 0 spiro atoms. The molecule has 3 saturated heterocycles. The Labute approximate surface area is 525 Å². The minimum Gasteiger partial charge on any atom is -0.496 e. The molecule has 3 fully saturated rings. The summed E-state index contributed by atoms with van der Waals surface area (Å²) < 4.78 is 21.4. The van der Waals surface area contributed by atoms with Crippen LogP contribution in [-0.2, 0) is 90.1 Å². The van der Waals surface area contributed by atoms with E-state index in [0.717, 1.165) is 4.90 Å². The molecule has 11 N–H and O–H groups in total. The summed E-state index contributed by atoms with van der Waals surface area (Å²) in [5.74, 6) is -14.1. The highest BCUT2D eigenvalue weighted by atomic mass is 32.2. The Morgan fingerprint density at radius 1 is 0.867 bits per heavy atom. The van der Waals surface area contributed by atoms with Gasteiger partial charge in [-0.2, -0.15) is 11.8 Å². The van der Waals surface area contributed by atoms with Gasteiger partial charge >= 0.3 is 5.97 Å². The number of hydrogen-bond donors (Lipinski definition) is 10. The number of aromatic amines is 1. The van der Waals surface area contributed by atoms with Gasteiger partial charge in [0.1, 0.15) is 28.9 Å². The van der Waals surface area contributed by atoms with Gasteiger partial charge in [-0.1, -0.05) is 27.2 Å². The number of fused-ring (bicyclic) bond motifs is 5. The number of hydroxylamine groups is 2. The van der Waals surface area contributed by atoms with Gasteiger partial charge in [-0.15, -0.1) is 5.06 Å². The van der Waals surface area contributed by atoms with Gasteiger partial charge in [0.25, 0.3) is 11.8 Å². The third-order valence-electron chi connectivity index (χ3n) is 17.4.